The van der Waals surface area contributed by atoms with E-state index in [0.717, 1.165) is 28.0 Å². The van der Waals surface area contributed by atoms with E-state index >= 15 is 0 Å². The van der Waals surface area contributed by atoms with Crippen LogP contribution in [0.4, 0.5) is 10.2 Å². The van der Waals surface area contributed by atoms with Gasteiger partial charge in [-0.3, -0.25) is 4.98 Å². The molecule has 4 aromatic rings. The number of halogens is 1. The van der Waals surface area contributed by atoms with E-state index in [4.69, 9.17) is 4.98 Å². The quantitative estimate of drug-likeness (QED) is 0.422. The number of hydrogen-bond donors (Lipinski definition) is 0. The van der Waals surface area contributed by atoms with E-state index < -0.39 is 10.0 Å². The topological polar surface area (TPSA) is 79.3 Å². The summed E-state index contributed by atoms with van der Waals surface area (Å²) >= 11 is 0. The molecule has 3 heterocycles. The average molecular weight is 492 g/mol. The molecule has 1 saturated heterocycles. The van der Waals surface area contributed by atoms with Gasteiger partial charge in [-0.05, 0) is 43.7 Å². The highest BCUT2D eigenvalue weighted by molar-refractivity contribution is 7.89. The van der Waals surface area contributed by atoms with E-state index in [-0.39, 0.29) is 10.7 Å². The lowest BCUT2D eigenvalue weighted by Gasteiger charge is -2.36. The molecule has 0 amide bonds. The second kappa shape index (κ2) is 9.31. The lowest BCUT2D eigenvalue weighted by Crippen LogP contribution is -2.49. The number of aryl methyl sites for hydroxylation is 2. The van der Waals surface area contributed by atoms with Crippen LogP contribution in [-0.4, -0.2) is 53.9 Å². The van der Waals surface area contributed by atoms with E-state index in [1.54, 1.807) is 30.5 Å². The second-order valence-electron chi connectivity index (χ2n) is 8.69. The number of piperazine rings is 1. The van der Waals surface area contributed by atoms with Gasteiger partial charge in [-0.1, -0.05) is 30.3 Å². The van der Waals surface area contributed by atoms with Crippen molar-refractivity contribution in [2.75, 3.05) is 31.1 Å². The van der Waals surface area contributed by atoms with E-state index in [2.05, 4.69) is 14.9 Å². The van der Waals surface area contributed by atoms with E-state index in [1.807, 2.05) is 32.0 Å². The number of sulfonamides is 1. The van der Waals surface area contributed by atoms with Crippen LogP contribution in [0.1, 0.15) is 22.6 Å². The second-order valence-corrected chi connectivity index (χ2v) is 10.6. The van der Waals surface area contributed by atoms with Crippen molar-refractivity contribution >= 4 is 26.7 Å². The smallest absolute Gasteiger partial charge is 0.245 e. The molecule has 0 saturated carbocycles. The van der Waals surface area contributed by atoms with Gasteiger partial charge >= 0.3 is 0 Å². The summed E-state index contributed by atoms with van der Waals surface area (Å²) in [6.07, 6.45) is 2.11. The predicted molar refractivity (Wildman–Crippen MR) is 133 cm³/mol. The SMILES string of the molecule is Cc1nc(C)c(Cc2cccc(F)c2)c(N2CCN(S(=O)(=O)c3cccc4cccnc34)CC2)n1. The highest BCUT2D eigenvalue weighted by atomic mass is 32.2. The third-order valence-corrected chi connectivity index (χ3v) is 8.26. The van der Waals surface area contributed by atoms with Gasteiger partial charge < -0.3 is 4.90 Å². The molecule has 0 atom stereocenters. The number of benzene rings is 2. The van der Waals surface area contributed by atoms with E-state index in [0.29, 0.717) is 43.9 Å². The maximum absolute atomic E-state index is 13.8. The first kappa shape index (κ1) is 23.3. The molecule has 5 rings (SSSR count). The van der Waals surface area contributed by atoms with Gasteiger partial charge in [0.05, 0.1) is 5.52 Å². The third kappa shape index (κ3) is 4.61. The van der Waals surface area contributed by atoms with Gasteiger partial charge in [0.25, 0.3) is 0 Å². The molecule has 0 N–H and O–H groups in total. The molecule has 0 unspecified atom stereocenters. The molecule has 1 fully saturated rings. The predicted octanol–water partition coefficient (Wildman–Crippen LogP) is 3.88. The van der Waals surface area contributed by atoms with Crippen molar-refractivity contribution in [2.45, 2.75) is 25.2 Å². The van der Waals surface area contributed by atoms with Crippen LogP contribution in [0, 0.1) is 19.7 Å². The Kier molecular flexibility index (Phi) is 6.21. The molecule has 1 aliphatic rings. The number of para-hydroxylation sites is 1. The van der Waals surface area contributed by atoms with Gasteiger partial charge in [0.15, 0.2) is 0 Å². The van der Waals surface area contributed by atoms with Gasteiger partial charge in [0.1, 0.15) is 22.4 Å². The minimum Gasteiger partial charge on any atom is -0.354 e. The highest BCUT2D eigenvalue weighted by Crippen LogP contribution is 2.28. The summed E-state index contributed by atoms with van der Waals surface area (Å²) in [5, 5.41) is 0.793. The van der Waals surface area contributed by atoms with Crippen LogP contribution < -0.4 is 4.90 Å². The van der Waals surface area contributed by atoms with Crippen LogP contribution in [0.2, 0.25) is 0 Å². The van der Waals surface area contributed by atoms with Gasteiger partial charge in [0.2, 0.25) is 10.0 Å². The molecule has 1 aliphatic heterocycles. The first-order valence-corrected chi connectivity index (χ1v) is 12.9. The van der Waals surface area contributed by atoms with Crippen molar-refractivity contribution in [3.8, 4) is 0 Å². The van der Waals surface area contributed by atoms with Crippen LogP contribution in [0.15, 0.2) is 65.7 Å². The molecule has 0 spiro atoms. The largest absolute Gasteiger partial charge is 0.354 e. The van der Waals surface area contributed by atoms with Crippen molar-refractivity contribution in [2.24, 2.45) is 0 Å². The molecular formula is C26H26FN5O2S. The number of rotatable bonds is 5. The monoisotopic (exact) mass is 491 g/mol. The fourth-order valence-corrected chi connectivity index (χ4v) is 6.19. The highest BCUT2D eigenvalue weighted by Gasteiger charge is 2.31. The van der Waals surface area contributed by atoms with Gasteiger partial charge in [-0.15, -0.1) is 0 Å². The third-order valence-electron chi connectivity index (χ3n) is 6.33. The van der Waals surface area contributed by atoms with Crippen molar-refractivity contribution in [1.29, 1.82) is 0 Å². The van der Waals surface area contributed by atoms with Crippen molar-refractivity contribution in [3.05, 3.63) is 89.3 Å². The van der Waals surface area contributed by atoms with Crippen LogP contribution >= 0.6 is 0 Å². The van der Waals surface area contributed by atoms with Crippen LogP contribution in [0.5, 0.6) is 0 Å². The first-order chi connectivity index (χ1) is 16.8. The Hall–Kier alpha value is -3.43. The Morgan fingerprint density at radius 1 is 0.943 bits per heavy atom. The summed E-state index contributed by atoms with van der Waals surface area (Å²) in [4.78, 5) is 15.9. The summed E-state index contributed by atoms with van der Waals surface area (Å²) in [5.74, 6) is 1.15. The van der Waals surface area contributed by atoms with Crippen molar-refractivity contribution < 1.29 is 12.8 Å². The Morgan fingerprint density at radius 2 is 1.69 bits per heavy atom. The maximum Gasteiger partial charge on any atom is 0.245 e. The van der Waals surface area contributed by atoms with E-state index in [9.17, 15) is 12.8 Å². The van der Waals surface area contributed by atoms with Gasteiger partial charge in [-0.2, -0.15) is 4.31 Å². The number of hydrogen-bond acceptors (Lipinski definition) is 6. The number of aromatic nitrogens is 3. The summed E-state index contributed by atoms with van der Waals surface area (Å²) in [6.45, 7) is 5.41. The zero-order chi connectivity index (χ0) is 24.6. The summed E-state index contributed by atoms with van der Waals surface area (Å²) < 4.78 is 42.3. The maximum atomic E-state index is 13.8. The Labute approximate surface area is 204 Å². The minimum atomic E-state index is -3.70. The lowest BCUT2D eigenvalue weighted by atomic mass is 10.0. The molecule has 0 radical (unpaired) electrons. The van der Waals surface area contributed by atoms with Gasteiger partial charge in [-0.25, -0.2) is 22.8 Å². The fourth-order valence-electron chi connectivity index (χ4n) is 4.60. The molecule has 180 valence electrons. The van der Waals surface area contributed by atoms with Gasteiger partial charge in [0, 0.05) is 55.4 Å². The number of pyridine rings is 1. The summed E-state index contributed by atoms with van der Waals surface area (Å²) in [6, 6.07) is 15.4. The lowest BCUT2D eigenvalue weighted by molar-refractivity contribution is 0.383. The molecule has 0 aliphatic carbocycles. The van der Waals surface area contributed by atoms with Crippen LogP contribution in [-0.2, 0) is 16.4 Å². The molecule has 2 aromatic heterocycles. The fraction of sp³-hybridized carbons (Fsp3) is 0.269. The Balaban J connectivity index is 1.41. The number of anilines is 1. The number of fused-ring (bicyclic) bond motifs is 1. The molecule has 35 heavy (non-hydrogen) atoms. The minimum absolute atomic E-state index is 0.226. The van der Waals surface area contributed by atoms with Crippen LogP contribution in [0.25, 0.3) is 10.9 Å². The zero-order valence-corrected chi connectivity index (χ0v) is 20.5. The standard InChI is InChI=1S/C26H26FN5O2S/c1-18-23(17-20-6-3-9-22(27)16-20)26(30-19(2)29-18)31-12-14-32(15-13-31)35(33,34)24-10-4-7-21-8-5-11-28-25(21)24/h3-11,16H,12-15,17H2,1-2H3. The molecule has 7 nitrogen and oxygen atoms in total. The molecule has 9 heteroatoms. The van der Waals surface area contributed by atoms with Crippen LogP contribution in [0.3, 0.4) is 0 Å². The summed E-state index contributed by atoms with van der Waals surface area (Å²) in [7, 11) is -3.70. The van der Waals surface area contributed by atoms with Crippen molar-refractivity contribution in [3.63, 3.8) is 0 Å². The molecular weight excluding hydrogens is 465 g/mol. The first-order valence-electron chi connectivity index (χ1n) is 11.5. The van der Waals surface area contributed by atoms with Crippen molar-refractivity contribution in [1.82, 2.24) is 19.3 Å². The Morgan fingerprint density at radius 3 is 2.46 bits per heavy atom. The summed E-state index contributed by atoms with van der Waals surface area (Å²) in [5.41, 5.74) is 3.09. The number of nitrogens with zero attached hydrogens (tertiary/aromatic N) is 5. The zero-order valence-electron chi connectivity index (χ0n) is 19.6. The molecule has 2 aromatic carbocycles. The Bertz CT molecular complexity index is 1500. The molecule has 0 bridgehead atoms. The van der Waals surface area contributed by atoms with E-state index in [1.165, 1.54) is 16.4 Å². The average Bonchev–Trinajstić information content (AvgIpc) is 2.85. The normalized spacial score (nSPS) is 15.0.